The largest absolute Gasteiger partial charge is 0.377 e. The number of carbonyl (C=O) groups excluding carboxylic acids is 1. The smallest absolute Gasteiger partial charge is 0.251 e. The van der Waals surface area contributed by atoms with Crippen LogP contribution in [0.15, 0.2) is 18.5 Å². The summed E-state index contributed by atoms with van der Waals surface area (Å²) in [6, 6.07) is 1.92. The Hall–Kier alpha value is -1.44. The summed E-state index contributed by atoms with van der Waals surface area (Å²) in [5.74, 6) is 0.0940. The SMILES string of the molecule is O=C([C@H]1CCCO1)N1CCOC[C@]2(CC[C@H](Cn3cccn3)O2)C1. The van der Waals surface area contributed by atoms with Crippen molar-refractivity contribution in [1.29, 1.82) is 0 Å². The Balaban J connectivity index is 1.41. The van der Waals surface area contributed by atoms with Crippen LogP contribution in [0.3, 0.4) is 0 Å². The van der Waals surface area contributed by atoms with E-state index >= 15 is 0 Å². The molecule has 7 nitrogen and oxygen atoms in total. The number of hydrogen-bond acceptors (Lipinski definition) is 5. The van der Waals surface area contributed by atoms with Gasteiger partial charge in [-0.15, -0.1) is 0 Å². The van der Waals surface area contributed by atoms with Crippen LogP contribution in [-0.2, 0) is 25.5 Å². The van der Waals surface area contributed by atoms with Crippen LogP contribution in [0, 0.1) is 0 Å². The molecule has 3 aliphatic heterocycles. The van der Waals surface area contributed by atoms with Crippen molar-refractivity contribution in [1.82, 2.24) is 14.7 Å². The minimum atomic E-state index is -0.386. The van der Waals surface area contributed by atoms with Crippen molar-refractivity contribution in [3.05, 3.63) is 18.5 Å². The van der Waals surface area contributed by atoms with Gasteiger partial charge in [-0.2, -0.15) is 5.10 Å². The van der Waals surface area contributed by atoms with Crippen molar-refractivity contribution in [3.8, 4) is 0 Å². The lowest BCUT2D eigenvalue weighted by molar-refractivity contribution is -0.145. The summed E-state index contributed by atoms with van der Waals surface area (Å²) in [5.41, 5.74) is -0.386. The van der Waals surface area contributed by atoms with Gasteiger partial charge >= 0.3 is 0 Å². The van der Waals surface area contributed by atoms with Gasteiger partial charge in [0.2, 0.25) is 0 Å². The monoisotopic (exact) mass is 335 g/mol. The molecule has 4 heterocycles. The molecule has 1 amide bonds. The van der Waals surface area contributed by atoms with Crippen molar-refractivity contribution in [2.75, 3.05) is 32.9 Å². The van der Waals surface area contributed by atoms with Crippen LogP contribution in [0.2, 0.25) is 0 Å². The molecule has 24 heavy (non-hydrogen) atoms. The number of ether oxygens (including phenoxy) is 3. The van der Waals surface area contributed by atoms with Crippen LogP contribution >= 0.6 is 0 Å². The van der Waals surface area contributed by atoms with Gasteiger partial charge in [0.05, 0.1) is 32.4 Å². The van der Waals surface area contributed by atoms with Crippen LogP contribution in [0.4, 0.5) is 0 Å². The van der Waals surface area contributed by atoms with E-state index in [-0.39, 0.29) is 23.7 Å². The number of amides is 1. The predicted octanol–water partition coefficient (Wildman–Crippen LogP) is 0.839. The molecule has 132 valence electrons. The normalized spacial score (nSPS) is 33.9. The van der Waals surface area contributed by atoms with Gasteiger partial charge < -0.3 is 19.1 Å². The molecule has 1 aromatic rings. The Bertz CT molecular complexity index is 558. The number of nitrogens with zero attached hydrogens (tertiary/aromatic N) is 3. The molecule has 3 atom stereocenters. The fraction of sp³-hybridized carbons (Fsp3) is 0.765. The molecule has 0 aliphatic carbocycles. The van der Waals surface area contributed by atoms with E-state index in [4.69, 9.17) is 14.2 Å². The Morgan fingerprint density at radius 3 is 3.08 bits per heavy atom. The van der Waals surface area contributed by atoms with E-state index in [1.807, 2.05) is 21.8 Å². The van der Waals surface area contributed by atoms with E-state index in [9.17, 15) is 4.79 Å². The molecule has 3 fully saturated rings. The minimum Gasteiger partial charge on any atom is -0.377 e. The summed E-state index contributed by atoms with van der Waals surface area (Å²) >= 11 is 0. The molecule has 7 heteroatoms. The fourth-order valence-corrected chi connectivity index (χ4v) is 3.93. The van der Waals surface area contributed by atoms with Crippen LogP contribution < -0.4 is 0 Å². The standard InChI is InChI=1S/C17H25N3O4/c21-16(15-3-1-9-23-15)19-8-10-22-13-17(12-19)5-4-14(24-17)11-20-7-2-6-18-20/h2,6-7,14-15H,1,3-5,8-13H2/t14-,15-,17+/m1/s1. The average molecular weight is 335 g/mol. The summed E-state index contributed by atoms with van der Waals surface area (Å²) < 4.78 is 19.6. The fourth-order valence-electron chi connectivity index (χ4n) is 3.93. The van der Waals surface area contributed by atoms with Crippen molar-refractivity contribution < 1.29 is 19.0 Å². The summed E-state index contributed by atoms with van der Waals surface area (Å²) in [5, 5.41) is 4.25. The first-order valence-electron chi connectivity index (χ1n) is 8.88. The van der Waals surface area contributed by atoms with E-state index in [0.29, 0.717) is 32.9 Å². The van der Waals surface area contributed by atoms with Crippen molar-refractivity contribution in [2.45, 2.75) is 50.0 Å². The molecule has 0 aromatic carbocycles. The molecule has 1 spiro atoms. The second kappa shape index (κ2) is 6.82. The highest BCUT2D eigenvalue weighted by Crippen LogP contribution is 2.34. The van der Waals surface area contributed by atoms with Gasteiger partial charge in [-0.1, -0.05) is 0 Å². The van der Waals surface area contributed by atoms with Gasteiger partial charge in [-0.25, -0.2) is 0 Å². The molecule has 0 N–H and O–H groups in total. The molecule has 3 saturated heterocycles. The summed E-state index contributed by atoms with van der Waals surface area (Å²) in [6.45, 7) is 3.77. The van der Waals surface area contributed by atoms with E-state index in [0.717, 1.165) is 32.2 Å². The van der Waals surface area contributed by atoms with Crippen molar-refractivity contribution in [2.24, 2.45) is 0 Å². The van der Waals surface area contributed by atoms with E-state index < -0.39 is 0 Å². The van der Waals surface area contributed by atoms with E-state index in [1.165, 1.54) is 0 Å². The maximum atomic E-state index is 12.7. The van der Waals surface area contributed by atoms with Gasteiger partial charge in [0.1, 0.15) is 11.7 Å². The minimum absolute atomic E-state index is 0.0940. The third-order valence-corrected chi connectivity index (χ3v) is 5.15. The molecule has 0 bridgehead atoms. The Kier molecular flexibility index (Phi) is 4.56. The molecular formula is C17H25N3O4. The van der Waals surface area contributed by atoms with Crippen LogP contribution in [-0.4, -0.2) is 71.3 Å². The zero-order valence-corrected chi connectivity index (χ0v) is 13.9. The average Bonchev–Trinajstić information content (AvgIpc) is 3.30. The summed E-state index contributed by atoms with van der Waals surface area (Å²) in [7, 11) is 0. The zero-order chi connectivity index (χ0) is 16.4. The van der Waals surface area contributed by atoms with Crippen LogP contribution in [0.25, 0.3) is 0 Å². The summed E-state index contributed by atoms with van der Waals surface area (Å²) in [4.78, 5) is 14.6. The first-order chi connectivity index (χ1) is 11.7. The van der Waals surface area contributed by atoms with Gasteiger partial charge in [-0.05, 0) is 31.7 Å². The Morgan fingerprint density at radius 1 is 1.33 bits per heavy atom. The molecule has 4 rings (SSSR count). The number of hydrogen-bond donors (Lipinski definition) is 0. The third kappa shape index (κ3) is 3.34. The first kappa shape index (κ1) is 16.1. The second-order valence-corrected chi connectivity index (χ2v) is 7.00. The maximum absolute atomic E-state index is 12.7. The van der Waals surface area contributed by atoms with Gasteiger partial charge in [0.25, 0.3) is 5.91 Å². The third-order valence-electron chi connectivity index (χ3n) is 5.15. The number of carbonyl (C=O) groups is 1. The highest BCUT2D eigenvalue weighted by molar-refractivity contribution is 5.81. The van der Waals surface area contributed by atoms with Crippen molar-refractivity contribution in [3.63, 3.8) is 0 Å². The molecule has 0 radical (unpaired) electrons. The maximum Gasteiger partial charge on any atom is 0.251 e. The van der Waals surface area contributed by atoms with Gasteiger partial charge in [-0.3, -0.25) is 9.48 Å². The zero-order valence-electron chi connectivity index (χ0n) is 13.9. The topological polar surface area (TPSA) is 65.8 Å². The lowest BCUT2D eigenvalue weighted by atomic mass is 9.99. The molecule has 3 aliphatic rings. The molecule has 0 saturated carbocycles. The second-order valence-electron chi connectivity index (χ2n) is 7.00. The van der Waals surface area contributed by atoms with E-state index in [1.54, 1.807) is 6.20 Å². The van der Waals surface area contributed by atoms with Gasteiger partial charge in [0.15, 0.2) is 0 Å². The lowest BCUT2D eigenvalue weighted by Crippen LogP contribution is -2.49. The number of rotatable bonds is 3. The molecular weight excluding hydrogens is 310 g/mol. The predicted molar refractivity (Wildman–Crippen MR) is 85.4 cm³/mol. The van der Waals surface area contributed by atoms with Crippen molar-refractivity contribution >= 4 is 5.91 Å². The Labute approximate surface area is 141 Å². The van der Waals surface area contributed by atoms with Gasteiger partial charge in [0, 0.05) is 25.5 Å². The Morgan fingerprint density at radius 2 is 2.29 bits per heavy atom. The van der Waals surface area contributed by atoms with Crippen LogP contribution in [0.5, 0.6) is 0 Å². The molecule has 1 aromatic heterocycles. The number of aromatic nitrogens is 2. The van der Waals surface area contributed by atoms with E-state index in [2.05, 4.69) is 5.10 Å². The molecule has 0 unspecified atom stereocenters. The lowest BCUT2D eigenvalue weighted by Gasteiger charge is -2.33. The highest BCUT2D eigenvalue weighted by Gasteiger charge is 2.45. The van der Waals surface area contributed by atoms with Crippen LogP contribution in [0.1, 0.15) is 25.7 Å². The highest BCUT2D eigenvalue weighted by atomic mass is 16.6. The quantitative estimate of drug-likeness (QED) is 0.819. The summed E-state index contributed by atoms with van der Waals surface area (Å²) in [6.07, 6.45) is 7.24. The first-order valence-corrected chi connectivity index (χ1v) is 8.88.